The molecule has 0 amide bonds. The van der Waals surface area contributed by atoms with Crippen LogP contribution < -0.4 is 5.32 Å². The number of allylic oxidation sites excluding steroid dienone is 1. The molecular formula is C21H16FN3O2S. The molecule has 0 spiro atoms. The van der Waals surface area contributed by atoms with Crippen molar-refractivity contribution in [2.45, 2.75) is 6.92 Å². The number of anilines is 1. The normalized spacial score (nSPS) is 11.0. The molecule has 28 heavy (non-hydrogen) atoms. The van der Waals surface area contributed by atoms with Gasteiger partial charge in [0.2, 0.25) is 0 Å². The topological polar surface area (TPSA) is 75.0 Å². The Morgan fingerprint density at radius 2 is 1.96 bits per heavy atom. The number of carbonyl (C=O) groups is 1. The maximum atomic E-state index is 13.1. The van der Waals surface area contributed by atoms with Gasteiger partial charge in [0.15, 0.2) is 0 Å². The Morgan fingerprint density at radius 1 is 1.25 bits per heavy atom. The highest BCUT2D eigenvalue weighted by Crippen LogP contribution is 2.26. The molecule has 7 heteroatoms. The molecule has 2 aromatic carbocycles. The number of ether oxygens (including phenoxy) is 1. The minimum Gasteiger partial charge on any atom is -0.462 e. The van der Waals surface area contributed by atoms with E-state index in [1.165, 1.54) is 23.5 Å². The van der Waals surface area contributed by atoms with E-state index in [-0.39, 0.29) is 11.8 Å². The first-order valence-electron chi connectivity index (χ1n) is 8.46. The van der Waals surface area contributed by atoms with Gasteiger partial charge in [-0.3, -0.25) is 0 Å². The maximum absolute atomic E-state index is 13.1. The number of aromatic nitrogens is 1. The molecular weight excluding hydrogens is 377 g/mol. The summed E-state index contributed by atoms with van der Waals surface area (Å²) < 4.78 is 18.0. The molecule has 0 saturated carbocycles. The van der Waals surface area contributed by atoms with Crippen LogP contribution in [0.5, 0.6) is 0 Å². The highest BCUT2D eigenvalue weighted by molar-refractivity contribution is 7.11. The molecule has 0 unspecified atom stereocenters. The van der Waals surface area contributed by atoms with Crippen molar-refractivity contribution in [2.24, 2.45) is 0 Å². The first-order valence-corrected chi connectivity index (χ1v) is 9.34. The molecule has 1 N–H and O–H groups in total. The third-order valence-corrected chi connectivity index (χ3v) is 4.65. The van der Waals surface area contributed by atoms with E-state index in [2.05, 4.69) is 16.4 Å². The summed E-state index contributed by atoms with van der Waals surface area (Å²) in [7, 11) is 0. The molecule has 5 nitrogen and oxygen atoms in total. The predicted molar refractivity (Wildman–Crippen MR) is 107 cm³/mol. The van der Waals surface area contributed by atoms with E-state index in [4.69, 9.17) is 4.74 Å². The molecule has 140 valence electrons. The molecule has 0 saturated heterocycles. The predicted octanol–water partition coefficient (Wildman–Crippen LogP) is 5.10. The monoisotopic (exact) mass is 393 g/mol. The zero-order chi connectivity index (χ0) is 19.9. The van der Waals surface area contributed by atoms with Gasteiger partial charge in [-0.15, -0.1) is 11.3 Å². The van der Waals surface area contributed by atoms with E-state index < -0.39 is 0 Å². The van der Waals surface area contributed by atoms with Crippen LogP contribution in [0.1, 0.15) is 22.3 Å². The second-order valence-electron chi connectivity index (χ2n) is 5.66. The van der Waals surface area contributed by atoms with E-state index >= 15 is 0 Å². The SMILES string of the molecule is CCOC(=O)c1ccc(N/C=C(/C#N)c2nc(-c3ccc(F)cc3)cs2)cc1. The number of nitriles is 1. The van der Waals surface area contributed by atoms with Crippen molar-refractivity contribution in [3.63, 3.8) is 0 Å². The van der Waals surface area contributed by atoms with Gasteiger partial charge in [0.25, 0.3) is 0 Å². The number of nitrogens with one attached hydrogen (secondary N) is 1. The highest BCUT2D eigenvalue weighted by Gasteiger charge is 2.10. The van der Waals surface area contributed by atoms with Gasteiger partial charge in [0, 0.05) is 22.8 Å². The Labute approximate surface area is 165 Å². The Morgan fingerprint density at radius 3 is 2.61 bits per heavy atom. The standard InChI is InChI=1S/C21H16FN3O2S/c1-2-27-21(26)15-5-9-18(10-6-15)24-12-16(11-23)20-25-19(13-28-20)14-3-7-17(22)8-4-14/h3-10,12-13,24H,2H2,1H3/b16-12-. The summed E-state index contributed by atoms with van der Waals surface area (Å²) >= 11 is 1.33. The van der Waals surface area contributed by atoms with E-state index in [1.54, 1.807) is 49.5 Å². The third-order valence-electron chi connectivity index (χ3n) is 3.77. The Kier molecular flexibility index (Phi) is 6.14. The molecule has 0 aliphatic heterocycles. The summed E-state index contributed by atoms with van der Waals surface area (Å²) in [5.41, 5.74) is 3.01. The van der Waals surface area contributed by atoms with Gasteiger partial charge in [-0.25, -0.2) is 14.2 Å². The number of thiazole rings is 1. The fourth-order valence-electron chi connectivity index (χ4n) is 2.36. The van der Waals surface area contributed by atoms with Crippen LogP contribution in [-0.4, -0.2) is 17.6 Å². The van der Waals surface area contributed by atoms with Gasteiger partial charge in [0.05, 0.1) is 17.9 Å². The van der Waals surface area contributed by atoms with Crippen LogP contribution in [0, 0.1) is 17.1 Å². The molecule has 0 aliphatic carbocycles. The van der Waals surface area contributed by atoms with Gasteiger partial charge < -0.3 is 10.1 Å². The van der Waals surface area contributed by atoms with Crippen molar-refractivity contribution in [1.82, 2.24) is 4.98 Å². The molecule has 0 radical (unpaired) electrons. The number of rotatable bonds is 6. The average Bonchev–Trinajstić information content (AvgIpc) is 3.20. The van der Waals surface area contributed by atoms with Crippen molar-refractivity contribution < 1.29 is 13.9 Å². The van der Waals surface area contributed by atoms with Crippen LogP contribution in [0.4, 0.5) is 10.1 Å². The number of benzene rings is 2. The fraction of sp³-hybridized carbons (Fsp3) is 0.0952. The minimum absolute atomic E-state index is 0.310. The smallest absolute Gasteiger partial charge is 0.338 e. The van der Waals surface area contributed by atoms with E-state index in [0.29, 0.717) is 28.4 Å². The lowest BCUT2D eigenvalue weighted by Gasteiger charge is -2.04. The summed E-state index contributed by atoms with van der Waals surface area (Å²) in [4.78, 5) is 16.1. The van der Waals surface area contributed by atoms with Crippen LogP contribution in [0.15, 0.2) is 60.1 Å². The zero-order valence-corrected chi connectivity index (χ0v) is 15.8. The quantitative estimate of drug-likeness (QED) is 0.466. The lowest BCUT2D eigenvalue weighted by atomic mass is 10.2. The van der Waals surface area contributed by atoms with E-state index in [9.17, 15) is 14.4 Å². The lowest BCUT2D eigenvalue weighted by Crippen LogP contribution is -2.04. The highest BCUT2D eigenvalue weighted by atomic mass is 32.1. The first kappa shape index (κ1) is 19.3. The molecule has 0 atom stereocenters. The fourth-order valence-corrected chi connectivity index (χ4v) is 3.16. The van der Waals surface area contributed by atoms with Crippen LogP contribution in [0.3, 0.4) is 0 Å². The summed E-state index contributed by atoms with van der Waals surface area (Å²) in [6.45, 7) is 2.07. The number of esters is 1. The number of halogens is 1. The largest absolute Gasteiger partial charge is 0.462 e. The second kappa shape index (κ2) is 8.93. The van der Waals surface area contributed by atoms with Crippen molar-refractivity contribution >= 4 is 28.6 Å². The summed E-state index contributed by atoms with van der Waals surface area (Å²) in [6.07, 6.45) is 1.56. The minimum atomic E-state index is -0.376. The lowest BCUT2D eigenvalue weighted by molar-refractivity contribution is 0.0526. The van der Waals surface area contributed by atoms with Gasteiger partial charge in [0.1, 0.15) is 22.5 Å². The molecule has 1 aromatic heterocycles. The number of nitrogens with zero attached hydrogens (tertiary/aromatic N) is 2. The van der Waals surface area contributed by atoms with Gasteiger partial charge in [-0.2, -0.15) is 5.26 Å². The second-order valence-corrected chi connectivity index (χ2v) is 6.51. The van der Waals surface area contributed by atoms with Crippen LogP contribution in [-0.2, 0) is 4.74 Å². The number of hydrogen-bond acceptors (Lipinski definition) is 6. The zero-order valence-electron chi connectivity index (χ0n) is 15.0. The number of hydrogen-bond donors (Lipinski definition) is 1. The summed E-state index contributed by atoms with van der Waals surface area (Å²) in [5, 5.41) is 14.9. The van der Waals surface area contributed by atoms with Crippen molar-refractivity contribution in [3.8, 4) is 17.3 Å². The Bertz CT molecular complexity index is 1030. The molecule has 3 aromatic rings. The summed E-state index contributed by atoms with van der Waals surface area (Å²) in [6, 6.07) is 14.9. The maximum Gasteiger partial charge on any atom is 0.338 e. The molecule has 0 bridgehead atoms. The Hall–Kier alpha value is -3.50. The van der Waals surface area contributed by atoms with E-state index in [1.807, 2.05) is 5.38 Å². The molecule has 0 fully saturated rings. The molecule has 1 heterocycles. The van der Waals surface area contributed by atoms with Crippen molar-refractivity contribution in [3.05, 3.63) is 76.5 Å². The first-order chi connectivity index (χ1) is 13.6. The van der Waals surface area contributed by atoms with Gasteiger partial charge in [-0.05, 0) is 55.5 Å². The van der Waals surface area contributed by atoms with Gasteiger partial charge >= 0.3 is 5.97 Å². The van der Waals surface area contributed by atoms with E-state index in [0.717, 1.165) is 11.3 Å². The molecule has 0 aliphatic rings. The van der Waals surface area contributed by atoms with Crippen LogP contribution >= 0.6 is 11.3 Å². The number of carbonyl (C=O) groups excluding carboxylic acids is 1. The Balaban J connectivity index is 1.73. The third kappa shape index (κ3) is 4.61. The molecule has 3 rings (SSSR count). The van der Waals surface area contributed by atoms with Gasteiger partial charge in [-0.1, -0.05) is 0 Å². The van der Waals surface area contributed by atoms with Crippen molar-refractivity contribution in [1.29, 1.82) is 5.26 Å². The summed E-state index contributed by atoms with van der Waals surface area (Å²) in [5.74, 6) is -0.687. The van der Waals surface area contributed by atoms with Crippen LogP contribution in [0.2, 0.25) is 0 Å². The van der Waals surface area contributed by atoms with Crippen LogP contribution in [0.25, 0.3) is 16.8 Å². The average molecular weight is 393 g/mol. The van der Waals surface area contributed by atoms with Crippen molar-refractivity contribution in [2.75, 3.05) is 11.9 Å².